The zero-order valence-corrected chi connectivity index (χ0v) is 17.3. The fraction of sp³-hybridized carbons (Fsp3) is 0.130. The van der Waals surface area contributed by atoms with Crippen molar-refractivity contribution in [2.24, 2.45) is 0 Å². The molecule has 0 amide bonds. The van der Waals surface area contributed by atoms with Crippen LogP contribution in [-0.2, 0) is 12.8 Å². The lowest BCUT2D eigenvalue weighted by Crippen LogP contribution is -2.04. The summed E-state index contributed by atoms with van der Waals surface area (Å²) in [6.45, 7) is 0. The van der Waals surface area contributed by atoms with Crippen LogP contribution in [0.1, 0.15) is 17.5 Å². The van der Waals surface area contributed by atoms with Crippen LogP contribution in [0, 0.1) is 0 Å². The second-order valence-corrected chi connectivity index (χ2v) is 8.00. The summed E-state index contributed by atoms with van der Waals surface area (Å²) < 4.78 is 3.70. The molecule has 0 unspecified atom stereocenters. The Balaban J connectivity index is 1.64. The van der Waals surface area contributed by atoms with Crippen LogP contribution in [0.4, 0.5) is 5.82 Å². The highest BCUT2D eigenvalue weighted by Gasteiger charge is 2.20. The highest BCUT2D eigenvalue weighted by Crippen LogP contribution is 2.32. The third-order valence-electron chi connectivity index (χ3n) is 5.70. The Hall–Kier alpha value is -3.71. The number of halogens is 1. The molecule has 4 aromatic heterocycles. The van der Waals surface area contributed by atoms with Crippen LogP contribution in [0.2, 0.25) is 5.15 Å². The van der Waals surface area contributed by atoms with Gasteiger partial charge in [0.05, 0.1) is 5.56 Å². The third-order valence-corrected chi connectivity index (χ3v) is 5.90. The quantitative estimate of drug-likeness (QED) is 0.461. The van der Waals surface area contributed by atoms with Gasteiger partial charge in [0.15, 0.2) is 22.4 Å². The second kappa shape index (κ2) is 6.92. The number of aromatic nitrogens is 6. The van der Waals surface area contributed by atoms with E-state index in [4.69, 9.17) is 27.3 Å². The molecule has 8 heteroatoms. The van der Waals surface area contributed by atoms with E-state index in [9.17, 15) is 0 Å². The SMILES string of the molecule is Nc1ncccc1-c1nc2ccc(-n3ccc(Cl)n3)nc2n1-c1ccc2c(c1)CCC2. The van der Waals surface area contributed by atoms with Crippen molar-refractivity contribution in [1.82, 2.24) is 29.3 Å². The summed E-state index contributed by atoms with van der Waals surface area (Å²) in [6, 6.07) is 15.9. The molecule has 5 aromatic rings. The smallest absolute Gasteiger partial charge is 0.167 e. The highest BCUT2D eigenvalue weighted by molar-refractivity contribution is 6.29. The molecule has 0 radical (unpaired) electrons. The molecule has 0 atom stereocenters. The average molecular weight is 428 g/mol. The van der Waals surface area contributed by atoms with Gasteiger partial charge < -0.3 is 5.73 Å². The third kappa shape index (κ3) is 2.97. The summed E-state index contributed by atoms with van der Waals surface area (Å²) in [4.78, 5) is 14.0. The Morgan fingerprint density at radius 1 is 0.968 bits per heavy atom. The molecule has 4 heterocycles. The van der Waals surface area contributed by atoms with Crippen molar-refractivity contribution in [1.29, 1.82) is 0 Å². The number of rotatable bonds is 3. The number of hydrogen-bond donors (Lipinski definition) is 1. The van der Waals surface area contributed by atoms with E-state index in [0.29, 0.717) is 22.6 Å². The number of nitrogens with zero attached hydrogens (tertiary/aromatic N) is 6. The van der Waals surface area contributed by atoms with Gasteiger partial charge in [-0.2, -0.15) is 5.10 Å². The molecule has 0 saturated heterocycles. The minimum absolute atomic E-state index is 0.415. The summed E-state index contributed by atoms with van der Waals surface area (Å²) in [6.07, 6.45) is 6.87. The van der Waals surface area contributed by atoms with Gasteiger partial charge >= 0.3 is 0 Å². The molecule has 1 aliphatic carbocycles. The standard InChI is InChI=1S/C23H18ClN7/c24-19-10-12-30(29-19)20-9-8-18-23(28-20)31(16-7-6-14-3-1-4-15(14)13-16)22(27-18)17-5-2-11-26-21(17)25/h2,5-13H,1,3-4H2,(H2,25,26). The van der Waals surface area contributed by atoms with E-state index in [0.717, 1.165) is 35.3 Å². The topological polar surface area (TPSA) is 87.4 Å². The van der Waals surface area contributed by atoms with E-state index in [1.54, 1.807) is 23.1 Å². The van der Waals surface area contributed by atoms with Crippen molar-refractivity contribution in [3.05, 3.63) is 77.2 Å². The van der Waals surface area contributed by atoms with Crippen LogP contribution in [0.15, 0.2) is 60.9 Å². The first-order valence-electron chi connectivity index (χ1n) is 10.1. The van der Waals surface area contributed by atoms with E-state index in [1.807, 2.05) is 24.3 Å². The van der Waals surface area contributed by atoms with Gasteiger partial charge in [0.1, 0.15) is 11.3 Å². The van der Waals surface area contributed by atoms with Crippen LogP contribution < -0.4 is 5.73 Å². The molecule has 7 nitrogen and oxygen atoms in total. The maximum atomic E-state index is 6.22. The van der Waals surface area contributed by atoms with Gasteiger partial charge in [-0.15, -0.1) is 0 Å². The number of nitrogen functional groups attached to an aromatic ring is 1. The zero-order chi connectivity index (χ0) is 20.9. The largest absolute Gasteiger partial charge is 0.383 e. The summed E-state index contributed by atoms with van der Waals surface area (Å²) in [5, 5.41) is 4.69. The van der Waals surface area contributed by atoms with E-state index in [-0.39, 0.29) is 0 Å². The average Bonchev–Trinajstić information content (AvgIpc) is 3.50. The highest BCUT2D eigenvalue weighted by atomic mass is 35.5. The molecule has 1 aliphatic rings. The van der Waals surface area contributed by atoms with Gasteiger partial charge in [0.2, 0.25) is 0 Å². The number of imidazole rings is 1. The Kier molecular flexibility index (Phi) is 4.04. The molecular formula is C23H18ClN7. The van der Waals surface area contributed by atoms with Crippen LogP contribution in [0.5, 0.6) is 0 Å². The summed E-state index contributed by atoms with van der Waals surface area (Å²) in [7, 11) is 0. The van der Waals surface area contributed by atoms with Crippen molar-refractivity contribution in [3.63, 3.8) is 0 Å². The lowest BCUT2D eigenvalue weighted by Gasteiger charge is -2.12. The molecule has 0 aliphatic heterocycles. The monoisotopic (exact) mass is 427 g/mol. The van der Waals surface area contributed by atoms with E-state index >= 15 is 0 Å². The predicted octanol–water partition coefficient (Wildman–Crippen LogP) is 4.39. The Morgan fingerprint density at radius 2 is 1.87 bits per heavy atom. The first-order chi connectivity index (χ1) is 15.2. The maximum Gasteiger partial charge on any atom is 0.167 e. The normalized spacial score (nSPS) is 13.1. The van der Waals surface area contributed by atoms with Gasteiger partial charge in [-0.25, -0.2) is 19.6 Å². The van der Waals surface area contributed by atoms with Crippen LogP contribution in [0.25, 0.3) is 34.1 Å². The first-order valence-corrected chi connectivity index (χ1v) is 10.5. The maximum absolute atomic E-state index is 6.22. The van der Waals surface area contributed by atoms with Crippen molar-refractivity contribution in [3.8, 4) is 22.9 Å². The first kappa shape index (κ1) is 18.1. The fourth-order valence-electron chi connectivity index (χ4n) is 4.23. The second-order valence-electron chi connectivity index (χ2n) is 7.61. The van der Waals surface area contributed by atoms with Crippen LogP contribution in [-0.4, -0.2) is 29.3 Å². The van der Waals surface area contributed by atoms with Crippen molar-refractivity contribution in [2.45, 2.75) is 19.3 Å². The Morgan fingerprint density at radius 3 is 2.71 bits per heavy atom. The number of hydrogen-bond acceptors (Lipinski definition) is 5. The molecule has 0 spiro atoms. The van der Waals surface area contributed by atoms with E-state index < -0.39 is 0 Å². The summed E-state index contributed by atoms with van der Waals surface area (Å²) >= 11 is 6.01. The number of benzene rings is 1. The van der Waals surface area contributed by atoms with Gasteiger partial charge in [0.25, 0.3) is 0 Å². The van der Waals surface area contributed by atoms with Crippen molar-refractivity contribution >= 4 is 28.6 Å². The van der Waals surface area contributed by atoms with E-state index in [2.05, 4.69) is 32.8 Å². The minimum atomic E-state index is 0.415. The predicted molar refractivity (Wildman–Crippen MR) is 121 cm³/mol. The summed E-state index contributed by atoms with van der Waals surface area (Å²) in [5.74, 6) is 1.80. The molecule has 6 rings (SSSR count). The number of aryl methyl sites for hydroxylation is 2. The van der Waals surface area contributed by atoms with Crippen LogP contribution >= 0.6 is 11.6 Å². The van der Waals surface area contributed by atoms with Gasteiger partial charge in [-0.05, 0) is 72.9 Å². The molecule has 0 bridgehead atoms. The van der Waals surface area contributed by atoms with Gasteiger partial charge in [-0.1, -0.05) is 17.7 Å². The number of anilines is 1. The number of pyridine rings is 2. The van der Waals surface area contributed by atoms with Crippen LogP contribution in [0.3, 0.4) is 0 Å². The lowest BCUT2D eigenvalue weighted by atomic mass is 10.1. The molecule has 0 saturated carbocycles. The number of fused-ring (bicyclic) bond motifs is 2. The molecule has 1 aromatic carbocycles. The lowest BCUT2D eigenvalue weighted by molar-refractivity contribution is 0.849. The van der Waals surface area contributed by atoms with Crippen molar-refractivity contribution < 1.29 is 0 Å². The zero-order valence-electron chi connectivity index (χ0n) is 16.5. The Labute approximate surface area is 183 Å². The molecule has 152 valence electrons. The molecule has 31 heavy (non-hydrogen) atoms. The minimum Gasteiger partial charge on any atom is -0.383 e. The van der Waals surface area contributed by atoms with Gasteiger partial charge in [-0.3, -0.25) is 4.57 Å². The number of nitrogens with two attached hydrogens (primary N) is 1. The van der Waals surface area contributed by atoms with E-state index in [1.165, 1.54) is 17.5 Å². The summed E-state index contributed by atoms with van der Waals surface area (Å²) in [5.41, 5.74) is 12.3. The Bertz CT molecular complexity index is 1450. The van der Waals surface area contributed by atoms with Gasteiger partial charge in [0, 0.05) is 18.1 Å². The molecule has 0 fully saturated rings. The molecule has 2 N–H and O–H groups in total. The molecular weight excluding hydrogens is 410 g/mol. The van der Waals surface area contributed by atoms with Crippen molar-refractivity contribution in [2.75, 3.05) is 5.73 Å². The fourth-order valence-corrected chi connectivity index (χ4v) is 4.37.